The number of rotatable bonds is 4. The van der Waals surface area contributed by atoms with Gasteiger partial charge in [-0.3, -0.25) is 9.59 Å². The number of aromatic amines is 1. The maximum absolute atomic E-state index is 13.4. The number of nitrogens with one attached hydrogen (secondary N) is 2. The van der Waals surface area contributed by atoms with Crippen molar-refractivity contribution in [2.45, 2.75) is 24.7 Å². The van der Waals surface area contributed by atoms with Crippen LogP contribution in [0.15, 0.2) is 42.5 Å². The third-order valence-corrected chi connectivity index (χ3v) is 5.49. The summed E-state index contributed by atoms with van der Waals surface area (Å²) in [6.07, 6.45) is -4.77. The third-order valence-electron chi connectivity index (χ3n) is 5.27. The van der Waals surface area contributed by atoms with Gasteiger partial charge in [-0.1, -0.05) is 11.6 Å². The number of benzene rings is 2. The first-order chi connectivity index (χ1) is 15.0. The molecule has 2 amide bonds. The molecule has 3 aromatic rings. The summed E-state index contributed by atoms with van der Waals surface area (Å²) in [6.45, 7) is -0.183. The molecule has 11 heteroatoms. The highest BCUT2D eigenvalue weighted by molar-refractivity contribution is 6.30. The second kappa shape index (κ2) is 7.79. The van der Waals surface area contributed by atoms with Gasteiger partial charge in [0, 0.05) is 41.1 Å². The number of anilines is 1. The topological polar surface area (TPSA) is 85.4 Å². The molecule has 1 fully saturated rings. The summed E-state index contributed by atoms with van der Waals surface area (Å²) in [5.74, 6) is -2.47. The van der Waals surface area contributed by atoms with Gasteiger partial charge in [0.2, 0.25) is 5.60 Å². The van der Waals surface area contributed by atoms with E-state index in [0.29, 0.717) is 5.56 Å². The van der Waals surface area contributed by atoms with Crippen molar-refractivity contribution < 1.29 is 32.3 Å². The number of amides is 2. The van der Waals surface area contributed by atoms with Gasteiger partial charge in [0.05, 0.1) is 0 Å². The van der Waals surface area contributed by atoms with Crippen LogP contribution >= 0.6 is 11.6 Å². The van der Waals surface area contributed by atoms with E-state index in [9.17, 15) is 32.3 Å². The molecule has 168 valence electrons. The van der Waals surface area contributed by atoms with Gasteiger partial charge >= 0.3 is 6.18 Å². The molecule has 0 unspecified atom stereocenters. The molecule has 0 radical (unpaired) electrons. The number of halogens is 5. The Balaban J connectivity index is 1.51. The molecule has 0 spiro atoms. The maximum atomic E-state index is 13.4. The monoisotopic (exact) mass is 469 g/mol. The summed E-state index contributed by atoms with van der Waals surface area (Å²) >= 11 is 5.77. The molecule has 2 heterocycles. The molecule has 6 nitrogen and oxygen atoms in total. The lowest BCUT2D eigenvalue weighted by Crippen LogP contribution is -2.52. The molecule has 0 saturated carbocycles. The van der Waals surface area contributed by atoms with Gasteiger partial charge in [-0.2, -0.15) is 13.2 Å². The van der Waals surface area contributed by atoms with E-state index in [1.807, 2.05) is 0 Å². The SMILES string of the molecule is O=C(NCc1cc(F)cc(Cl)c1)[C@]1(O)CCN(c2ccc3[nH]c(C(F)(F)F)cc3c2)C1=O. The first-order valence-corrected chi connectivity index (χ1v) is 9.83. The first kappa shape index (κ1) is 22.1. The number of alkyl halides is 3. The molecule has 1 aliphatic heterocycles. The van der Waals surface area contributed by atoms with Gasteiger partial charge < -0.3 is 20.3 Å². The Kier molecular flexibility index (Phi) is 5.38. The van der Waals surface area contributed by atoms with E-state index in [1.54, 1.807) is 0 Å². The second-order valence-electron chi connectivity index (χ2n) is 7.48. The average molecular weight is 470 g/mol. The molecule has 2 aromatic carbocycles. The van der Waals surface area contributed by atoms with Crippen LogP contribution in [0.3, 0.4) is 0 Å². The van der Waals surface area contributed by atoms with Crippen LogP contribution in [0.25, 0.3) is 10.9 Å². The molecular weight excluding hydrogens is 454 g/mol. The van der Waals surface area contributed by atoms with Gasteiger partial charge in [0.1, 0.15) is 11.5 Å². The lowest BCUT2D eigenvalue weighted by molar-refractivity contribution is -0.149. The number of hydrogen-bond acceptors (Lipinski definition) is 3. The standard InChI is InChI=1S/C21H16ClF4N3O3/c22-13-5-11(6-14(23)9-13)10-27-18(30)20(32)3-4-29(19(20)31)15-1-2-16-12(7-15)8-17(28-16)21(24,25)26/h1-2,5-9,28,32H,3-4,10H2,(H,27,30)/t20-/m1/s1. The van der Waals surface area contributed by atoms with Gasteiger partial charge in [-0.25, -0.2) is 4.39 Å². The highest BCUT2D eigenvalue weighted by atomic mass is 35.5. The Labute approximate surface area is 183 Å². The van der Waals surface area contributed by atoms with Crippen molar-refractivity contribution in [1.82, 2.24) is 10.3 Å². The zero-order valence-electron chi connectivity index (χ0n) is 16.3. The fourth-order valence-corrected chi connectivity index (χ4v) is 3.89. The Morgan fingerprint density at radius 2 is 1.97 bits per heavy atom. The quantitative estimate of drug-likeness (QED) is 0.402. The van der Waals surface area contributed by atoms with Crippen LogP contribution in [0, 0.1) is 5.82 Å². The summed E-state index contributed by atoms with van der Waals surface area (Å²) < 4.78 is 52.2. The zero-order chi connectivity index (χ0) is 23.3. The predicted molar refractivity (Wildman–Crippen MR) is 108 cm³/mol. The molecule has 1 atom stereocenters. The minimum Gasteiger partial charge on any atom is -0.372 e. The van der Waals surface area contributed by atoms with Crippen LogP contribution in [0.1, 0.15) is 17.7 Å². The number of carbonyl (C=O) groups is 2. The minimum atomic E-state index is -4.55. The van der Waals surface area contributed by atoms with Crippen molar-refractivity contribution in [3.8, 4) is 0 Å². The fraction of sp³-hybridized carbons (Fsp3) is 0.238. The predicted octanol–water partition coefficient (Wildman–Crippen LogP) is 3.76. The number of nitrogens with zero attached hydrogens (tertiary/aromatic N) is 1. The number of H-pyrrole nitrogens is 1. The largest absolute Gasteiger partial charge is 0.431 e. The lowest BCUT2D eigenvalue weighted by atomic mass is 10.0. The van der Waals surface area contributed by atoms with Gasteiger partial charge in [0.15, 0.2) is 0 Å². The third kappa shape index (κ3) is 4.03. The molecule has 3 N–H and O–H groups in total. The first-order valence-electron chi connectivity index (χ1n) is 9.45. The van der Waals surface area contributed by atoms with E-state index >= 15 is 0 Å². The molecule has 0 bridgehead atoms. The number of aliphatic hydroxyl groups is 1. The molecule has 4 rings (SSSR count). The Bertz CT molecular complexity index is 1210. The Hall–Kier alpha value is -3.11. The zero-order valence-corrected chi connectivity index (χ0v) is 17.0. The van der Waals surface area contributed by atoms with Crippen molar-refractivity contribution in [2.24, 2.45) is 0 Å². The summed E-state index contributed by atoms with van der Waals surface area (Å²) in [6, 6.07) is 8.78. The minimum absolute atomic E-state index is 0.0173. The second-order valence-corrected chi connectivity index (χ2v) is 7.92. The summed E-state index contributed by atoms with van der Waals surface area (Å²) in [4.78, 5) is 28.8. The van der Waals surface area contributed by atoms with Crippen LogP contribution in [0.4, 0.5) is 23.2 Å². The van der Waals surface area contributed by atoms with Crippen LogP contribution < -0.4 is 10.2 Å². The highest BCUT2D eigenvalue weighted by Gasteiger charge is 2.51. The van der Waals surface area contributed by atoms with E-state index < -0.39 is 35.1 Å². The van der Waals surface area contributed by atoms with Crippen molar-refractivity contribution in [2.75, 3.05) is 11.4 Å². The Morgan fingerprint density at radius 1 is 1.22 bits per heavy atom. The van der Waals surface area contributed by atoms with E-state index in [-0.39, 0.29) is 41.1 Å². The molecule has 1 aliphatic rings. The van der Waals surface area contributed by atoms with Crippen molar-refractivity contribution in [3.05, 3.63) is 64.6 Å². The highest BCUT2D eigenvalue weighted by Crippen LogP contribution is 2.34. The van der Waals surface area contributed by atoms with E-state index in [2.05, 4.69) is 10.3 Å². The smallest absolute Gasteiger partial charge is 0.372 e. The van der Waals surface area contributed by atoms with Crippen molar-refractivity contribution in [1.29, 1.82) is 0 Å². The van der Waals surface area contributed by atoms with E-state index in [0.717, 1.165) is 23.1 Å². The molecule has 0 aliphatic carbocycles. The van der Waals surface area contributed by atoms with Crippen molar-refractivity contribution in [3.63, 3.8) is 0 Å². The van der Waals surface area contributed by atoms with Crippen LogP contribution in [0.5, 0.6) is 0 Å². The van der Waals surface area contributed by atoms with Gasteiger partial charge in [0.25, 0.3) is 11.8 Å². The molecule has 1 saturated heterocycles. The summed E-state index contributed by atoms with van der Waals surface area (Å²) in [5.41, 5.74) is -2.47. The number of fused-ring (bicyclic) bond motifs is 1. The van der Waals surface area contributed by atoms with Crippen LogP contribution in [0.2, 0.25) is 5.02 Å². The van der Waals surface area contributed by atoms with Crippen LogP contribution in [-0.2, 0) is 22.3 Å². The van der Waals surface area contributed by atoms with Gasteiger partial charge in [-0.15, -0.1) is 0 Å². The van der Waals surface area contributed by atoms with E-state index in [4.69, 9.17) is 11.6 Å². The number of carbonyl (C=O) groups excluding carboxylic acids is 2. The molecular formula is C21H16ClF4N3O3. The number of hydrogen-bond donors (Lipinski definition) is 3. The van der Waals surface area contributed by atoms with Crippen LogP contribution in [-0.4, -0.2) is 34.1 Å². The Morgan fingerprint density at radius 3 is 2.66 bits per heavy atom. The van der Waals surface area contributed by atoms with Crippen molar-refractivity contribution >= 4 is 40.0 Å². The fourth-order valence-electron chi connectivity index (χ4n) is 3.64. The summed E-state index contributed by atoms with van der Waals surface area (Å²) in [5, 5.41) is 13.5. The van der Waals surface area contributed by atoms with Gasteiger partial charge in [-0.05, 0) is 48.0 Å². The molecule has 32 heavy (non-hydrogen) atoms. The number of aromatic nitrogens is 1. The molecule has 1 aromatic heterocycles. The average Bonchev–Trinajstić information content (AvgIpc) is 3.27. The summed E-state index contributed by atoms with van der Waals surface area (Å²) in [7, 11) is 0. The normalized spacial score (nSPS) is 19.1. The van der Waals surface area contributed by atoms with E-state index in [1.165, 1.54) is 24.3 Å². The maximum Gasteiger partial charge on any atom is 0.431 e. The lowest BCUT2D eigenvalue weighted by Gasteiger charge is -2.22.